The molecule has 2 saturated heterocycles. The van der Waals surface area contributed by atoms with Crippen molar-refractivity contribution >= 4 is 37.6 Å². The number of amides is 1. The molecular formula is C25H32ClN3O5S2. The highest BCUT2D eigenvalue weighted by Gasteiger charge is 2.32. The van der Waals surface area contributed by atoms with Crippen LogP contribution >= 0.6 is 11.6 Å². The van der Waals surface area contributed by atoms with Crippen molar-refractivity contribution in [1.82, 2.24) is 13.5 Å². The molecule has 0 aromatic heterocycles. The zero-order valence-corrected chi connectivity index (χ0v) is 22.9. The normalized spacial score (nSPS) is 18.5. The molecule has 0 bridgehead atoms. The molecule has 0 spiro atoms. The number of halogens is 1. The third-order valence-electron chi connectivity index (χ3n) is 6.82. The second kappa shape index (κ2) is 10.8. The largest absolute Gasteiger partial charge is 0.336 e. The number of rotatable bonds is 6. The van der Waals surface area contributed by atoms with Crippen molar-refractivity contribution in [1.29, 1.82) is 0 Å². The Morgan fingerprint density at radius 2 is 1.36 bits per heavy atom. The molecule has 0 N–H and O–H groups in total. The molecule has 0 unspecified atom stereocenters. The zero-order chi connectivity index (χ0) is 26.1. The van der Waals surface area contributed by atoms with E-state index in [-0.39, 0.29) is 52.5 Å². The summed E-state index contributed by atoms with van der Waals surface area (Å²) in [7, 11) is -7.47. The molecule has 0 radical (unpaired) electrons. The molecule has 2 aliphatic heterocycles. The molecule has 36 heavy (non-hydrogen) atoms. The first-order valence-corrected chi connectivity index (χ1v) is 15.5. The summed E-state index contributed by atoms with van der Waals surface area (Å²) in [5, 5.41) is 0.0801. The monoisotopic (exact) mass is 553 g/mol. The van der Waals surface area contributed by atoms with Gasteiger partial charge in [0.05, 0.1) is 9.92 Å². The second-order valence-electron chi connectivity index (χ2n) is 9.53. The highest BCUT2D eigenvalue weighted by atomic mass is 35.5. The number of benzene rings is 2. The predicted molar refractivity (Wildman–Crippen MR) is 139 cm³/mol. The predicted octanol–water partition coefficient (Wildman–Crippen LogP) is 3.78. The summed E-state index contributed by atoms with van der Waals surface area (Å²) in [6.45, 7) is 5.71. The Hall–Kier alpha value is -1.98. The van der Waals surface area contributed by atoms with Gasteiger partial charge in [-0.1, -0.05) is 44.0 Å². The van der Waals surface area contributed by atoms with Gasteiger partial charge >= 0.3 is 0 Å². The van der Waals surface area contributed by atoms with Crippen molar-refractivity contribution in [2.24, 2.45) is 0 Å². The average Bonchev–Trinajstić information content (AvgIpc) is 2.89. The van der Waals surface area contributed by atoms with Gasteiger partial charge in [-0.3, -0.25) is 4.79 Å². The lowest BCUT2D eigenvalue weighted by molar-refractivity contribution is 0.0697. The van der Waals surface area contributed by atoms with Crippen molar-refractivity contribution in [3.8, 4) is 0 Å². The van der Waals surface area contributed by atoms with E-state index in [4.69, 9.17) is 11.6 Å². The van der Waals surface area contributed by atoms with Crippen LogP contribution in [0.25, 0.3) is 0 Å². The van der Waals surface area contributed by atoms with Crippen molar-refractivity contribution < 1.29 is 21.6 Å². The van der Waals surface area contributed by atoms with Crippen LogP contribution < -0.4 is 0 Å². The lowest BCUT2D eigenvalue weighted by atomic mass is 10.0. The molecule has 2 aromatic rings. The number of piperazine rings is 1. The van der Waals surface area contributed by atoms with Crippen LogP contribution in [-0.4, -0.2) is 75.5 Å². The number of carbonyl (C=O) groups excluding carboxylic acids is 1. The first kappa shape index (κ1) is 27.1. The summed E-state index contributed by atoms with van der Waals surface area (Å²) < 4.78 is 55.3. The van der Waals surface area contributed by atoms with Gasteiger partial charge in [0.15, 0.2) is 0 Å². The van der Waals surface area contributed by atoms with Gasteiger partial charge in [-0.15, -0.1) is 0 Å². The van der Waals surface area contributed by atoms with Crippen LogP contribution in [0.5, 0.6) is 0 Å². The van der Waals surface area contributed by atoms with E-state index in [2.05, 4.69) is 0 Å². The maximum Gasteiger partial charge on any atom is 0.253 e. The van der Waals surface area contributed by atoms with Gasteiger partial charge in [0.2, 0.25) is 20.0 Å². The maximum absolute atomic E-state index is 13.2. The molecule has 0 aliphatic carbocycles. The van der Waals surface area contributed by atoms with Gasteiger partial charge in [0.25, 0.3) is 5.91 Å². The minimum Gasteiger partial charge on any atom is -0.336 e. The molecule has 196 valence electrons. The van der Waals surface area contributed by atoms with Crippen molar-refractivity contribution in [2.75, 3.05) is 39.3 Å². The molecule has 8 nitrogen and oxygen atoms in total. The Morgan fingerprint density at radius 1 is 0.778 bits per heavy atom. The second-order valence-corrected chi connectivity index (χ2v) is 13.8. The first-order valence-electron chi connectivity index (χ1n) is 12.2. The lowest BCUT2D eigenvalue weighted by Crippen LogP contribution is -2.50. The van der Waals surface area contributed by atoms with E-state index >= 15 is 0 Å². The van der Waals surface area contributed by atoms with Crippen molar-refractivity contribution in [3.63, 3.8) is 0 Å². The lowest BCUT2D eigenvalue weighted by Gasteiger charge is -2.34. The van der Waals surface area contributed by atoms with E-state index in [0.29, 0.717) is 19.0 Å². The summed E-state index contributed by atoms with van der Waals surface area (Å²) in [6.07, 6.45) is 2.58. The van der Waals surface area contributed by atoms with E-state index in [1.807, 2.05) is 26.0 Å². The standard InChI is InChI=1S/C25H32ClN3O5S2/c1-19(2)20-6-9-22(10-7-20)35(31,32)29-16-14-27(15-17-29)25(30)21-8-11-23(26)24(18-21)36(33,34)28-12-4-3-5-13-28/h6-11,18-19H,3-5,12-17H2,1-2H3. The number of hydrogen-bond donors (Lipinski definition) is 0. The number of sulfonamides is 2. The topological polar surface area (TPSA) is 95.1 Å². The van der Waals surface area contributed by atoms with Crippen LogP contribution in [0.4, 0.5) is 0 Å². The van der Waals surface area contributed by atoms with Gasteiger partial charge < -0.3 is 4.90 Å². The van der Waals surface area contributed by atoms with Crippen molar-refractivity contribution in [3.05, 3.63) is 58.6 Å². The van der Waals surface area contributed by atoms with Crippen LogP contribution in [0.2, 0.25) is 5.02 Å². The molecule has 2 aliphatic rings. The number of piperidine rings is 1. The van der Waals surface area contributed by atoms with Gasteiger partial charge in [-0.25, -0.2) is 16.8 Å². The summed E-state index contributed by atoms with van der Waals surface area (Å²) >= 11 is 6.24. The Balaban J connectivity index is 1.46. The number of nitrogens with zero attached hydrogens (tertiary/aromatic N) is 3. The maximum atomic E-state index is 13.2. The van der Waals surface area contributed by atoms with Gasteiger partial charge in [0, 0.05) is 44.8 Å². The molecule has 2 fully saturated rings. The van der Waals surface area contributed by atoms with Crippen molar-refractivity contribution in [2.45, 2.75) is 48.8 Å². The fraction of sp³-hybridized carbons (Fsp3) is 0.480. The van der Waals surface area contributed by atoms with Crippen LogP contribution in [0, 0.1) is 0 Å². The SMILES string of the molecule is CC(C)c1ccc(S(=O)(=O)N2CCN(C(=O)c3ccc(Cl)c(S(=O)(=O)N4CCCCC4)c3)CC2)cc1. The van der Waals surface area contributed by atoms with Crippen LogP contribution in [0.1, 0.15) is 54.9 Å². The van der Waals surface area contributed by atoms with E-state index in [9.17, 15) is 21.6 Å². The highest BCUT2D eigenvalue weighted by Crippen LogP contribution is 2.29. The van der Waals surface area contributed by atoms with Gasteiger partial charge in [-0.2, -0.15) is 8.61 Å². The van der Waals surface area contributed by atoms with Crippen LogP contribution in [-0.2, 0) is 20.0 Å². The molecule has 0 atom stereocenters. The van der Waals surface area contributed by atoms with Gasteiger partial charge in [-0.05, 0) is 54.7 Å². The molecule has 2 aromatic carbocycles. The molecular weight excluding hydrogens is 522 g/mol. The fourth-order valence-corrected chi connectivity index (χ4v) is 8.01. The summed E-state index contributed by atoms with van der Waals surface area (Å²) in [5.41, 5.74) is 1.28. The smallest absolute Gasteiger partial charge is 0.253 e. The first-order chi connectivity index (χ1) is 17.0. The Kier molecular flexibility index (Phi) is 8.11. The van der Waals surface area contributed by atoms with E-state index in [0.717, 1.165) is 24.8 Å². The highest BCUT2D eigenvalue weighted by molar-refractivity contribution is 7.89. The zero-order valence-electron chi connectivity index (χ0n) is 20.6. The molecule has 11 heteroatoms. The third-order valence-corrected chi connectivity index (χ3v) is 11.1. The average molecular weight is 554 g/mol. The van der Waals surface area contributed by atoms with E-state index in [1.54, 1.807) is 17.0 Å². The summed E-state index contributed by atoms with van der Waals surface area (Å²) in [6, 6.07) is 11.2. The molecule has 2 heterocycles. The molecule has 1 amide bonds. The van der Waals surface area contributed by atoms with Gasteiger partial charge in [0.1, 0.15) is 4.90 Å². The third kappa shape index (κ3) is 5.47. The van der Waals surface area contributed by atoms with E-state index < -0.39 is 20.0 Å². The fourth-order valence-electron chi connectivity index (χ4n) is 4.57. The molecule has 0 saturated carbocycles. The minimum atomic E-state index is -3.80. The van der Waals surface area contributed by atoms with Crippen LogP contribution in [0.15, 0.2) is 52.3 Å². The number of hydrogen-bond acceptors (Lipinski definition) is 5. The molecule has 4 rings (SSSR count). The van der Waals surface area contributed by atoms with E-state index in [1.165, 1.54) is 26.8 Å². The van der Waals surface area contributed by atoms with Crippen LogP contribution in [0.3, 0.4) is 0 Å². The summed E-state index contributed by atoms with van der Waals surface area (Å²) in [5.74, 6) is -0.0420. The summed E-state index contributed by atoms with van der Waals surface area (Å²) in [4.78, 5) is 14.9. The Labute approximate surface area is 218 Å². The minimum absolute atomic E-state index is 0.0667. The number of carbonyl (C=O) groups is 1. The quantitative estimate of drug-likeness (QED) is 0.542. The Morgan fingerprint density at radius 3 is 1.94 bits per heavy atom. The Bertz CT molecular complexity index is 1310.